The molecule has 56 valence electrons. The summed E-state index contributed by atoms with van der Waals surface area (Å²) in [5, 5.41) is 7.42. The van der Waals surface area contributed by atoms with Crippen molar-refractivity contribution in [3.05, 3.63) is 0 Å². The zero-order valence-corrected chi connectivity index (χ0v) is 6.40. The lowest BCUT2D eigenvalue weighted by molar-refractivity contribution is -0.134. The molecule has 0 aliphatic carbocycles. The first kappa shape index (κ1) is 11.5. The minimum absolute atomic E-state index is 0.833. The molecule has 2 N–H and O–H groups in total. The molecule has 0 aromatic heterocycles. The van der Waals surface area contributed by atoms with E-state index in [1.807, 2.05) is 0 Å². The molecular weight excluding hydrogens is 142 g/mol. The first-order valence-corrected chi connectivity index (χ1v) is 3.06. The molecule has 0 radical (unpaired) electrons. The van der Waals surface area contributed by atoms with Gasteiger partial charge in [0.05, 0.1) is 0 Å². The number of rotatable bonds is 2. The average molecular weight is 154 g/mol. The fourth-order valence-corrected chi connectivity index (χ4v) is 0.283. The Morgan fingerprint density at radius 3 is 2.11 bits per heavy atom. The van der Waals surface area contributed by atoms with Crippen LogP contribution in [0.2, 0.25) is 0 Å². The number of halogens is 1. The normalized spacial score (nSPS) is 7.44. The average Bonchev–Trinajstić information content (AvgIpc) is 1.66. The van der Waals surface area contributed by atoms with Crippen molar-refractivity contribution in [1.29, 1.82) is 0 Å². The Kier molecular flexibility index (Phi) is 13.6. The molecule has 0 spiro atoms. The summed E-state index contributed by atoms with van der Waals surface area (Å²) >= 11 is 5.05. The van der Waals surface area contributed by atoms with E-state index in [1.165, 1.54) is 0 Å². The Balaban J connectivity index is 0. The quantitative estimate of drug-likeness (QED) is 0.587. The molecule has 0 aliphatic rings. The Morgan fingerprint density at radius 2 is 2.11 bits per heavy atom. The number of hydrogen-bond donors (Lipinski definition) is 2. The van der Waals surface area contributed by atoms with E-state index in [1.54, 1.807) is 0 Å². The summed E-state index contributed by atoms with van der Waals surface area (Å²) in [6, 6.07) is 0. The number of aliphatic carboxylic acids is 1. The van der Waals surface area contributed by atoms with E-state index < -0.39 is 5.97 Å². The predicted octanol–water partition coefficient (Wildman–Crippen LogP) is 1.23. The number of hydrogen-bond acceptors (Lipinski definition) is 2. The summed E-state index contributed by atoms with van der Waals surface area (Å²) < 4.78 is 0. The van der Waals surface area contributed by atoms with Crippen LogP contribution >= 0.6 is 11.8 Å². The molecule has 0 aromatic carbocycles. The van der Waals surface area contributed by atoms with E-state index in [-0.39, 0.29) is 0 Å². The van der Waals surface area contributed by atoms with E-state index in [0.29, 0.717) is 0 Å². The highest BCUT2D eigenvalue weighted by molar-refractivity contribution is 6.13. The fourth-order valence-electron chi connectivity index (χ4n) is 0.0945. The van der Waals surface area contributed by atoms with Crippen LogP contribution in [0.4, 0.5) is 0 Å². The van der Waals surface area contributed by atoms with Crippen LogP contribution in [0.5, 0.6) is 0 Å². The molecule has 0 aliphatic heterocycles. The van der Waals surface area contributed by atoms with Gasteiger partial charge in [-0.2, -0.15) is 0 Å². The zero-order chi connectivity index (χ0) is 7.70. The number of nitrogens with one attached hydrogen (secondary N) is 1. The second-order valence-corrected chi connectivity index (χ2v) is 1.67. The van der Waals surface area contributed by atoms with Gasteiger partial charge in [-0.1, -0.05) is 6.92 Å². The van der Waals surface area contributed by atoms with Crippen molar-refractivity contribution in [3.8, 4) is 0 Å². The van der Waals surface area contributed by atoms with E-state index >= 15 is 0 Å². The molecule has 0 bridgehead atoms. The molecule has 0 saturated carbocycles. The molecule has 9 heavy (non-hydrogen) atoms. The second-order valence-electron chi connectivity index (χ2n) is 1.40. The lowest BCUT2D eigenvalue weighted by atomic mass is 10.5. The molecule has 0 saturated heterocycles. The highest BCUT2D eigenvalue weighted by Crippen LogP contribution is 1.67. The Hall–Kier alpha value is -0.280. The molecule has 0 heterocycles. The SMILES string of the molecule is CC(=O)O.CCCNCl. The van der Waals surface area contributed by atoms with Crippen molar-refractivity contribution in [1.82, 2.24) is 4.84 Å². The van der Waals surface area contributed by atoms with Gasteiger partial charge in [-0.05, 0) is 18.2 Å². The molecule has 0 rings (SSSR count). The van der Waals surface area contributed by atoms with Crippen molar-refractivity contribution >= 4 is 17.7 Å². The summed E-state index contributed by atoms with van der Waals surface area (Å²) in [7, 11) is 0. The Labute approximate surface area is 60.1 Å². The van der Waals surface area contributed by atoms with Gasteiger partial charge in [-0.25, -0.2) is 4.84 Å². The van der Waals surface area contributed by atoms with Crippen molar-refractivity contribution in [2.24, 2.45) is 0 Å². The predicted molar refractivity (Wildman–Crippen MR) is 37.5 cm³/mol. The lowest BCUT2D eigenvalue weighted by Gasteiger charge is -1.81. The third-order valence-electron chi connectivity index (χ3n) is 0.344. The van der Waals surface area contributed by atoms with Crippen molar-refractivity contribution in [2.45, 2.75) is 20.3 Å². The van der Waals surface area contributed by atoms with Crippen LogP contribution in [-0.2, 0) is 4.79 Å². The van der Waals surface area contributed by atoms with E-state index in [0.717, 1.165) is 19.9 Å². The lowest BCUT2D eigenvalue weighted by Crippen LogP contribution is -1.96. The maximum Gasteiger partial charge on any atom is 0.300 e. The molecule has 4 heteroatoms. The highest BCUT2D eigenvalue weighted by Gasteiger charge is 1.67. The molecule has 3 nitrogen and oxygen atoms in total. The molecule has 0 aromatic rings. The standard InChI is InChI=1S/C3H8ClN.C2H4O2/c1-2-3-5-4;1-2(3)4/h5H,2-3H2,1H3;1H3,(H,3,4). The Bertz CT molecular complexity index is 62.0. The minimum atomic E-state index is -0.833. The van der Waals surface area contributed by atoms with Crippen molar-refractivity contribution < 1.29 is 9.90 Å². The van der Waals surface area contributed by atoms with Gasteiger partial charge >= 0.3 is 0 Å². The van der Waals surface area contributed by atoms with Crippen LogP contribution in [0.3, 0.4) is 0 Å². The number of carbonyl (C=O) groups is 1. The molecule has 0 fully saturated rings. The van der Waals surface area contributed by atoms with Crippen molar-refractivity contribution in [3.63, 3.8) is 0 Å². The monoisotopic (exact) mass is 153 g/mol. The molecule has 0 atom stereocenters. The molecule has 0 amide bonds. The highest BCUT2D eigenvalue weighted by atomic mass is 35.5. The van der Waals surface area contributed by atoms with Crippen LogP contribution in [0.15, 0.2) is 0 Å². The first-order valence-electron chi connectivity index (χ1n) is 2.68. The van der Waals surface area contributed by atoms with Gasteiger partial charge in [0.15, 0.2) is 0 Å². The Morgan fingerprint density at radius 1 is 1.78 bits per heavy atom. The first-order chi connectivity index (χ1) is 4.15. The van der Waals surface area contributed by atoms with Gasteiger partial charge in [0.1, 0.15) is 0 Å². The third kappa shape index (κ3) is 85.4. The maximum atomic E-state index is 9.00. The van der Waals surface area contributed by atoms with Gasteiger partial charge in [0, 0.05) is 13.5 Å². The van der Waals surface area contributed by atoms with Gasteiger partial charge in [0.2, 0.25) is 0 Å². The van der Waals surface area contributed by atoms with Gasteiger partial charge < -0.3 is 5.11 Å². The van der Waals surface area contributed by atoms with Crippen molar-refractivity contribution in [2.75, 3.05) is 6.54 Å². The van der Waals surface area contributed by atoms with E-state index in [4.69, 9.17) is 21.7 Å². The summed E-state index contributed by atoms with van der Waals surface area (Å²) in [6.07, 6.45) is 1.10. The van der Waals surface area contributed by atoms with Crippen LogP contribution in [0.1, 0.15) is 20.3 Å². The summed E-state index contributed by atoms with van der Waals surface area (Å²) in [5.74, 6) is -0.833. The largest absolute Gasteiger partial charge is 0.481 e. The summed E-state index contributed by atoms with van der Waals surface area (Å²) in [5.41, 5.74) is 0. The van der Waals surface area contributed by atoms with Crippen LogP contribution in [-0.4, -0.2) is 17.6 Å². The second kappa shape index (κ2) is 10.7. The molecule has 0 unspecified atom stereocenters. The minimum Gasteiger partial charge on any atom is -0.481 e. The third-order valence-corrected chi connectivity index (χ3v) is 0.533. The van der Waals surface area contributed by atoms with Gasteiger partial charge in [-0.3, -0.25) is 4.79 Å². The summed E-state index contributed by atoms with van der Waals surface area (Å²) in [6.45, 7) is 4.05. The van der Waals surface area contributed by atoms with Gasteiger partial charge in [-0.15, -0.1) is 0 Å². The topological polar surface area (TPSA) is 49.3 Å². The maximum absolute atomic E-state index is 9.00. The number of carboxylic acids is 1. The van der Waals surface area contributed by atoms with Crippen LogP contribution < -0.4 is 4.84 Å². The van der Waals surface area contributed by atoms with E-state index in [9.17, 15) is 0 Å². The van der Waals surface area contributed by atoms with Crippen LogP contribution in [0, 0.1) is 0 Å². The number of carboxylic acid groups (broad SMARTS) is 1. The zero-order valence-electron chi connectivity index (χ0n) is 5.65. The van der Waals surface area contributed by atoms with Gasteiger partial charge in [0.25, 0.3) is 5.97 Å². The smallest absolute Gasteiger partial charge is 0.300 e. The fraction of sp³-hybridized carbons (Fsp3) is 0.800. The van der Waals surface area contributed by atoms with Crippen LogP contribution in [0.25, 0.3) is 0 Å². The van der Waals surface area contributed by atoms with E-state index in [2.05, 4.69) is 11.8 Å². The molecular formula is C5H12ClNO2. The summed E-state index contributed by atoms with van der Waals surface area (Å²) in [4.78, 5) is 11.5.